The number of allylic oxidation sites excluding steroid dienone is 3. The van der Waals surface area contributed by atoms with E-state index in [1.54, 1.807) is 0 Å². The Bertz CT molecular complexity index is 456. The molecule has 0 aliphatic rings. The SMILES string of the molecule is C/C=C/C(C)(C)C/C=C/COC(=O)Cc1ccccc1. The summed E-state index contributed by atoms with van der Waals surface area (Å²) in [7, 11) is 0. The molecule has 0 radical (unpaired) electrons. The molecule has 0 unspecified atom stereocenters. The predicted molar refractivity (Wildman–Crippen MR) is 83.5 cm³/mol. The van der Waals surface area contributed by atoms with Crippen molar-refractivity contribution in [3.05, 3.63) is 60.2 Å². The normalized spacial score (nSPS) is 12.2. The number of carbonyl (C=O) groups excluding carboxylic acids is 1. The fourth-order valence-electron chi connectivity index (χ4n) is 1.93. The van der Waals surface area contributed by atoms with Crippen LogP contribution >= 0.6 is 0 Å². The zero-order valence-electron chi connectivity index (χ0n) is 12.6. The lowest BCUT2D eigenvalue weighted by Crippen LogP contribution is -2.08. The lowest BCUT2D eigenvalue weighted by atomic mass is 9.89. The summed E-state index contributed by atoms with van der Waals surface area (Å²) < 4.78 is 5.18. The van der Waals surface area contributed by atoms with Crippen LogP contribution in [0.15, 0.2) is 54.6 Å². The summed E-state index contributed by atoms with van der Waals surface area (Å²) in [5, 5.41) is 0. The lowest BCUT2D eigenvalue weighted by Gasteiger charge is -2.17. The highest BCUT2D eigenvalue weighted by atomic mass is 16.5. The van der Waals surface area contributed by atoms with Crippen molar-refractivity contribution < 1.29 is 9.53 Å². The summed E-state index contributed by atoms with van der Waals surface area (Å²) in [4.78, 5) is 11.6. The summed E-state index contributed by atoms with van der Waals surface area (Å²) in [5.41, 5.74) is 1.13. The van der Waals surface area contributed by atoms with E-state index in [4.69, 9.17) is 4.74 Å². The Balaban J connectivity index is 2.25. The first kappa shape index (κ1) is 16.2. The molecule has 2 heteroatoms. The minimum atomic E-state index is -0.187. The topological polar surface area (TPSA) is 26.3 Å². The van der Waals surface area contributed by atoms with Crippen molar-refractivity contribution in [2.45, 2.75) is 33.6 Å². The Hall–Kier alpha value is -1.83. The van der Waals surface area contributed by atoms with Crippen LogP contribution in [0.1, 0.15) is 32.8 Å². The van der Waals surface area contributed by atoms with Crippen LogP contribution < -0.4 is 0 Å². The molecule has 0 aliphatic carbocycles. The molecule has 2 nitrogen and oxygen atoms in total. The van der Waals surface area contributed by atoms with Crippen molar-refractivity contribution >= 4 is 5.97 Å². The minimum Gasteiger partial charge on any atom is -0.461 e. The highest BCUT2D eigenvalue weighted by Crippen LogP contribution is 2.22. The number of hydrogen-bond donors (Lipinski definition) is 0. The largest absolute Gasteiger partial charge is 0.461 e. The zero-order valence-corrected chi connectivity index (χ0v) is 12.6. The molecule has 1 aromatic carbocycles. The van der Waals surface area contributed by atoms with E-state index in [-0.39, 0.29) is 11.4 Å². The molecule has 1 aromatic rings. The van der Waals surface area contributed by atoms with Crippen molar-refractivity contribution in [3.63, 3.8) is 0 Å². The second-order valence-electron chi connectivity index (χ2n) is 5.51. The fourth-order valence-corrected chi connectivity index (χ4v) is 1.93. The van der Waals surface area contributed by atoms with Gasteiger partial charge in [0.2, 0.25) is 0 Å². The smallest absolute Gasteiger partial charge is 0.310 e. The Morgan fingerprint density at radius 3 is 2.55 bits per heavy atom. The molecule has 0 fully saturated rings. The maximum absolute atomic E-state index is 11.6. The van der Waals surface area contributed by atoms with Crippen molar-refractivity contribution in [1.29, 1.82) is 0 Å². The summed E-state index contributed by atoms with van der Waals surface area (Å²) in [5.74, 6) is -0.187. The monoisotopic (exact) mass is 272 g/mol. The van der Waals surface area contributed by atoms with Gasteiger partial charge in [-0.1, -0.05) is 68.5 Å². The van der Waals surface area contributed by atoms with Gasteiger partial charge in [-0.3, -0.25) is 4.79 Å². The van der Waals surface area contributed by atoms with Crippen molar-refractivity contribution in [2.24, 2.45) is 5.41 Å². The molecule has 0 atom stereocenters. The number of esters is 1. The van der Waals surface area contributed by atoms with Crippen LogP contribution in [0, 0.1) is 5.41 Å². The van der Waals surface area contributed by atoms with Gasteiger partial charge in [-0.05, 0) is 24.3 Å². The quantitative estimate of drug-likeness (QED) is 0.546. The maximum atomic E-state index is 11.6. The van der Waals surface area contributed by atoms with E-state index in [0.717, 1.165) is 12.0 Å². The van der Waals surface area contributed by atoms with Gasteiger partial charge in [-0.25, -0.2) is 0 Å². The Morgan fingerprint density at radius 2 is 1.90 bits per heavy atom. The highest BCUT2D eigenvalue weighted by molar-refractivity contribution is 5.72. The number of hydrogen-bond acceptors (Lipinski definition) is 2. The summed E-state index contributed by atoms with van der Waals surface area (Å²) in [6, 6.07) is 9.63. The second-order valence-corrected chi connectivity index (χ2v) is 5.51. The summed E-state index contributed by atoms with van der Waals surface area (Å²) >= 11 is 0. The summed E-state index contributed by atoms with van der Waals surface area (Å²) in [6.07, 6.45) is 9.49. The highest BCUT2D eigenvalue weighted by Gasteiger charge is 2.10. The third-order valence-corrected chi connectivity index (χ3v) is 2.96. The van der Waals surface area contributed by atoms with E-state index in [1.807, 2.05) is 43.3 Å². The van der Waals surface area contributed by atoms with Gasteiger partial charge >= 0.3 is 5.97 Å². The zero-order chi connectivity index (χ0) is 14.8. The van der Waals surface area contributed by atoms with Crippen molar-refractivity contribution in [1.82, 2.24) is 0 Å². The molecular formula is C18H24O2. The molecule has 0 aliphatic heterocycles. The maximum Gasteiger partial charge on any atom is 0.310 e. The molecule has 0 aromatic heterocycles. The first-order valence-electron chi connectivity index (χ1n) is 7.02. The van der Waals surface area contributed by atoms with Crippen LogP contribution in [-0.2, 0) is 16.0 Å². The fraction of sp³-hybridized carbons (Fsp3) is 0.389. The lowest BCUT2D eigenvalue weighted by molar-refractivity contribution is -0.141. The van der Waals surface area contributed by atoms with E-state index < -0.39 is 0 Å². The van der Waals surface area contributed by atoms with E-state index in [2.05, 4.69) is 32.1 Å². The third kappa shape index (κ3) is 6.93. The van der Waals surface area contributed by atoms with Crippen molar-refractivity contribution in [3.8, 4) is 0 Å². The molecule has 0 amide bonds. The van der Waals surface area contributed by atoms with Gasteiger partial charge in [0.1, 0.15) is 6.61 Å². The van der Waals surface area contributed by atoms with Crippen molar-refractivity contribution in [2.75, 3.05) is 6.61 Å². The minimum absolute atomic E-state index is 0.152. The van der Waals surface area contributed by atoms with Gasteiger partial charge in [0, 0.05) is 0 Å². The Labute approximate surface area is 122 Å². The van der Waals surface area contributed by atoms with E-state index in [0.29, 0.717) is 13.0 Å². The second kappa shape index (κ2) is 8.36. The number of carbonyl (C=O) groups is 1. The average Bonchev–Trinajstić information content (AvgIpc) is 2.39. The molecule has 108 valence electrons. The van der Waals surface area contributed by atoms with E-state index in [1.165, 1.54) is 0 Å². The van der Waals surface area contributed by atoms with Gasteiger partial charge in [0.05, 0.1) is 6.42 Å². The first-order chi connectivity index (χ1) is 9.53. The van der Waals surface area contributed by atoms with E-state index in [9.17, 15) is 4.79 Å². The van der Waals surface area contributed by atoms with E-state index >= 15 is 0 Å². The predicted octanol–water partition coefficient (Wildman–Crippen LogP) is 4.32. The molecule has 20 heavy (non-hydrogen) atoms. The Morgan fingerprint density at radius 1 is 1.20 bits per heavy atom. The standard InChI is InChI=1S/C18H24O2/c1-4-12-18(2,3)13-8-9-14-20-17(19)15-16-10-6-5-7-11-16/h4-12H,13-15H2,1-3H3/b9-8+,12-4+. The molecule has 0 heterocycles. The van der Waals surface area contributed by atoms with Crippen LogP contribution in [-0.4, -0.2) is 12.6 Å². The third-order valence-electron chi connectivity index (χ3n) is 2.96. The average molecular weight is 272 g/mol. The Kier molecular flexibility index (Phi) is 6.78. The number of rotatable bonds is 7. The van der Waals surface area contributed by atoms with Gasteiger partial charge in [-0.2, -0.15) is 0 Å². The number of benzene rings is 1. The molecule has 0 N–H and O–H groups in total. The molecule has 0 bridgehead atoms. The molecule has 1 rings (SSSR count). The van der Waals surface area contributed by atoms with Crippen LogP contribution in [0.4, 0.5) is 0 Å². The van der Waals surface area contributed by atoms with Crippen LogP contribution in [0.5, 0.6) is 0 Å². The van der Waals surface area contributed by atoms with Crippen LogP contribution in [0.25, 0.3) is 0 Å². The summed E-state index contributed by atoms with van der Waals surface area (Å²) in [6.45, 7) is 6.73. The number of ether oxygens (including phenoxy) is 1. The molecule has 0 saturated heterocycles. The van der Waals surface area contributed by atoms with Gasteiger partial charge in [-0.15, -0.1) is 0 Å². The van der Waals surface area contributed by atoms with Crippen LogP contribution in [0.2, 0.25) is 0 Å². The molecule has 0 saturated carbocycles. The molecular weight excluding hydrogens is 248 g/mol. The molecule has 0 spiro atoms. The first-order valence-corrected chi connectivity index (χ1v) is 7.02. The van der Waals surface area contributed by atoms with Gasteiger partial charge < -0.3 is 4.74 Å². The van der Waals surface area contributed by atoms with Gasteiger partial charge in [0.15, 0.2) is 0 Å². The van der Waals surface area contributed by atoms with Crippen LogP contribution in [0.3, 0.4) is 0 Å². The van der Waals surface area contributed by atoms with Gasteiger partial charge in [0.25, 0.3) is 0 Å².